The van der Waals surface area contributed by atoms with Crippen molar-refractivity contribution in [2.24, 2.45) is 5.92 Å². The van der Waals surface area contributed by atoms with Crippen LogP contribution in [-0.4, -0.2) is 32.8 Å². The molecule has 0 saturated carbocycles. The van der Waals surface area contributed by atoms with Gasteiger partial charge in [0, 0.05) is 17.9 Å². The minimum absolute atomic E-state index is 0.135. The lowest BCUT2D eigenvalue weighted by Crippen LogP contribution is -3.13. The molecule has 5 nitrogen and oxygen atoms in total. The molecule has 1 fully saturated rings. The van der Waals surface area contributed by atoms with Gasteiger partial charge in [-0.1, -0.05) is 48.9 Å². The third-order valence-electron chi connectivity index (χ3n) is 5.41. The number of thiazole rings is 1. The van der Waals surface area contributed by atoms with Gasteiger partial charge < -0.3 is 10.0 Å². The summed E-state index contributed by atoms with van der Waals surface area (Å²) in [4.78, 5) is 7.87. The summed E-state index contributed by atoms with van der Waals surface area (Å²) in [5.74, 6) is 1.75. The molecule has 1 aliphatic rings. The van der Waals surface area contributed by atoms with Gasteiger partial charge in [-0.2, -0.15) is 4.52 Å². The van der Waals surface area contributed by atoms with E-state index in [1.165, 1.54) is 28.9 Å². The molecule has 0 spiro atoms. The van der Waals surface area contributed by atoms with Crippen molar-refractivity contribution in [2.45, 2.75) is 46.1 Å². The van der Waals surface area contributed by atoms with Gasteiger partial charge in [-0.25, -0.2) is 4.98 Å². The standard InChI is InChI=1S/C20H26N4OS/c1-4-16-21-20-24(22-16)19(25)18(26-20)17(15-9-5-7-13(2)11-15)23-10-6-8-14(3)12-23/h5,7,9,11,14,17,25H,4,6,8,10,12H2,1-3H3/p+1/t14-,17-/m0/s1. The molecule has 1 aliphatic heterocycles. The highest BCUT2D eigenvalue weighted by Gasteiger charge is 2.35. The van der Waals surface area contributed by atoms with Crippen molar-refractivity contribution in [3.05, 3.63) is 46.1 Å². The fourth-order valence-electron chi connectivity index (χ4n) is 4.14. The number of rotatable bonds is 4. The molecule has 26 heavy (non-hydrogen) atoms. The Kier molecular flexibility index (Phi) is 4.71. The quantitative estimate of drug-likeness (QED) is 0.741. The molecule has 3 heterocycles. The summed E-state index contributed by atoms with van der Waals surface area (Å²) in [6.45, 7) is 8.77. The Bertz CT molecular complexity index is 916. The highest BCUT2D eigenvalue weighted by atomic mass is 32.1. The van der Waals surface area contributed by atoms with Crippen LogP contribution in [0.25, 0.3) is 4.96 Å². The van der Waals surface area contributed by atoms with Crippen LogP contribution >= 0.6 is 11.3 Å². The number of aromatic hydroxyl groups is 1. The Balaban J connectivity index is 1.82. The lowest BCUT2D eigenvalue weighted by molar-refractivity contribution is -0.933. The van der Waals surface area contributed by atoms with E-state index >= 15 is 0 Å². The summed E-state index contributed by atoms with van der Waals surface area (Å²) in [5, 5.41) is 15.4. The van der Waals surface area contributed by atoms with Crippen LogP contribution in [0.15, 0.2) is 24.3 Å². The first-order chi connectivity index (χ1) is 12.6. The number of likely N-dealkylation sites (tertiary alicyclic amines) is 1. The summed E-state index contributed by atoms with van der Waals surface area (Å²) in [6.07, 6.45) is 3.31. The van der Waals surface area contributed by atoms with E-state index in [-0.39, 0.29) is 11.9 Å². The van der Waals surface area contributed by atoms with Crippen LogP contribution in [0.5, 0.6) is 5.88 Å². The van der Waals surface area contributed by atoms with Crippen molar-refractivity contribution < 1.29 is 10.0 Å². The Labute approximate surface area is 158 Å². The fourth-order valence-corrected chi connectivity index (χ4v) is 5.30. The maximum Gasteiger partial charge on any atom is 0.235 e. The van der Waals surface area contributed by atoms with E-state index in [0.717, 1.165) is 35.2 Å². The summed E-state index contributed by atoms with van der Waals surface area (Å²) in [7, 11) is 0. The molecule has 1 saturated heterocycles. The SMILES string of the molecule is CCc1nc2sc([C@H](c3cccc(C)c3)[NH+]3CCC[C@H](C)C3)c(O)n2n1. The van der Waals surface area contributed by atoms with E-state index in [0.29, 0.717) is 5.92 Å². The fraction of sp³-hybridized carbons (Fsp3) is 0.500. The Morgan fingerprint density at radius 3 is 2.96 bits per heavy atom. The van der Waals surface area contributed by atoms with Crippen molar-refractivity contribution in [3.8, 4) is 5.88 Å². The molecule has 3 atom stereocenters. The third kappa shape index (κ3) is 3.12. The van der Waals surface area contributed by atoms with E-state index in [4.69, 9.17) is 0 Å². The van der Waals surface area contributed by atoms with Crippen molar-refractivity contribution in [3.63, 3.8) is 0 Å². The molecule has 0 amide bonds. The first-order valence-corrected chi connectivity index (χ1v) is 10.4. The first-order valence-electron chi connectivity index (χ1n) is 9.55. The number of hydrogen-bond acceptors (Lipinski definition) is 4. The van der Waals surface area contributed by atoms with Gasteiger partial charge in [0.1, 0.15) is 4.88 Å². The lowest BCUT2D eigenvalue weighted by Gasteiger charge is -2.34. The lowest BCUT2D eigenvalue weighted by atomic mass is 9.95. The number of nitrogens with one attached hydrogen (secondary N) is 1. The maximum absolute atomic E-state index is 11.0. The van der Waals surface area contributed by atoms with E-state index in [1.807, 2.05) is 6.92 Å². The molecule has 6 heteroatoms. The number of benzene rings is 1. The van der Waals surface area contributed by atoms with Crippen LogP contribution in [0.3, 0.4) is 0 Å². The summed E-state index contributed by atoms with van der Waals surface area (Å²) >= 11 is 1.58. The molecule has 0 bridgehead atoms. The summed E-state index contributed by atoms with van der Waals surface area (Å²) in [6, 6.07) is 8.83. The largest absolute Gasteiger partial charge is 0.492 e. The molecule has 138 valence electrons. The molecule has 1 unspecified atom stereocenters. The van der Waals surface area contributed by atoms with Gasteiger partial charge in [0.05, 0.1) is 13.1 Å². The van der Waals surface area contributed by atoms with Gasteiger partial charge in [-0.3, -0.25) is 0 Å². The van der Waals surface area contributed by atoms with Gasteiger partial charge in [0.15, 0.2) is 11.9 Å². The smallest absolute Gasteiger partial charge is 0.235 e. The Hall–Kier alpha value is -1.92. The van der Waals surface area contributed by atoms with Gasteiger partial charge in [0.2, 0.25) is 10.8 Å². The predicted octanol–water partition coefficient (Wildman–Crippen LogP) is 2.77. The van der Waals surface area contributed by atoms with E-state index in [1.54, 1.807) is 15.9 Å². The molecular formula is C20H27N4OS+. The number of piperidine rings is 1. The second-order valence-corrected chi connectivity index (χ2v) is 8.58. The third-order valence-corrected chi connectivity index (χ3v) is 6.50. The van der Waals surface area contributed by atoms with Crippen LogP contribution in [0.2, 0.25) is 0 Å². The number of aryl methyl sites for hydroxylation is 2. The van der Waals surface area contributed by atoms with Crippen molar-refractivity contribution in [1.82, 2.24) is 14.6 Å². The highest BCUT2D eigenvalue weighted by Crippen LogP contribution is 2.35. The van der Waals surface area contributed by atoms with E-state index < -0.39 is 0 Å². The van der Waals surface area contributed by atoms with Crippen LogP contribution in [0, 0.1) is 12.8 Å². The molecule has 2 N–H and O–H groups in total. The number of hydrogen-bond donors (Lipinski definition) is 2. The maximum atomic E-state index is 11.0. The van der Waals surface area contributed by atoms with Crippen LogP contribution < -0.4 is 4.90 Å². The van der Waals surface area contributed by atoms with Gasteiger partial charge in [0.25, 0.3) is 0 Å². The minimum atomic E-state index is 0.135. The molecule has 4 rings (SSSR count). The predicted molar refractivity (Wildman–Crippen MR) is 104 cm³/mol. The summed E-state index contributed by atoms with van der Waals surface area (Å²) in [5.41, 5.74) is 2.52. The minimum Gasteiger partial charge on any atom is -0.492 e. The van der Waals surface area contributed by atoms with Gasteiger partial charge >= 0.3 is 0 Å². The molecule has 0 radical (unpaired) electrons. The van der Waals surface area contributed by atoms with Crippen LogP contribution in [0.1, 0.15) is 54.6 Å². The molecule has 0 aliphatic carbocycles. The number of quaternary nitrogens is 1. The molecular weight excluding hydrogens is 344 g/mol. The normalized spacial score (nSPS) is 22.0. The van der Waals surface area contributed by atoms with Crippen molar-refractivity contribution in [2.75, 3.05) is 13.1 Å². The average Bonchev–Trinajstić information content (AvgIpc) is 3.15. The highest BCUT2D eigenvalue weighted by molar-refractivity contribution is 7.17. The zero-order chi connectivity index (χ0) is 18.3. The molecule has 1 aromatic carbocycles. The number of nitrogens with zero attached hydrogens (tertiary/aromatic N) is 3. The van der Waals surface area contributed by atoms with Crippen molar-refractivity contribution >= 4 is 16.3 Å². The average molecular weight is 372 g/mol. The first kappa shape index (κ1) is 17.5. The second-order valence-electron chi connectivity index (χ2n) is 7.57. The van der Waals surface area contributed by atoms with E-state index in [2.05, 4.69) is 48.2 Å². The van der Waals surface area contributed by atoms with Crippen LogP contribution in [-0.2, 0) is 6.42 Å². The van der Waals surface area contributed by atoms with Crippen LogP contribution in [0.4, 0.5) is 0 Å². The Morgan fingerprint density at radius 1 is 1.42 bits per heavy atom. The topological polar surface area (TPSA) is 54.9 Å². The van der Waals surface area contributed by atoms with Crippen molar-refractivity contribution in [1.29, 1.82) is 0 Å². The number of aromatic nitrogens is 3. The van der Waals surface area contributed by atoms with E-state index in [9.17, 15) is 5.11 Å². The zero-order valence-corrected chi connectivity index (χ0v) is 16.5. The zero-order valence-electron chi connectivity index (χ0n) is 15.7. The molecule has 3 aromatic rings. The van der Waals surface area contributed by atoms with Gasteiger partial charge in [-0.15, -0.1) is 5.10 Å². The van der Waals surface area contributed by atoms with Gasteiger partial charge in [-0.05, 0) is 25.8 Å². The summed E-state index contributed by atoms with van der Waals surface area (Å²) < 4.78 is 1.62. The Morgan fingerprint density at radius 2 is 2.27 bits per heavy atom. The second kappa shape index (κ2) is 7.00. The monoisotopic (exact) mass is 371 g/mol. The number of fused-ring (bicyclic) bond motifs is 1. The molecule has 2 aromatic heterocycles.